The molecule has 2 heterocycles. The predicted octanol–water partition coefficient (Wildman–Crippen LogP) is 3.85. The number of pyridine rings is 1. The van der Waals surface area contributed by atoms with Gasteiger partial charge in [0.15, 0.2) is 0 Å². The van der Waals surface area contributed by atoms with Crippen LogP contribution in [0.3, 0.4) is 0 Å². The van der Waals surface area contributed by atoms with Gasteiger partial charge in [-0.05, 0) is 54.8 Å². The first-order valence-electron chi connectivity index (χ1n) is 8.46. The Kier molecular flexibility index (Phi) is 4.17. The second-order valence-corrected chi connectivity index (χ2v) is 7.18. The molecular formula is C20H21ClN2O. The monoisotopic (exact) mass is 340 g/mol. The van der Waals surface area contributed by atoms with E-state index in [0.717, 1.165) is 48.3 Å². The van der Waals surface area contributed by atoms with Gasteiger partial charge in [0, 0.05) is 36.3 Å². The van der Waals surface area contributed by atoms with E-state index in [1.54, 1.807) is 0 Å². The van der Waals surface area contributed by atoms with Crippen LogP contribution in [0.4, 0.5) is 0 Å². The molecular weight excluding hydrogens is 320 g/mol. The number of likely N-dealkylation sites (tertiary alicyclic amines) is 1. The van der Waals surface area contributed by atoms with Gasteiger partial charge in [-0.1, -0.05) is 29.3 Å². The van der Waals surface area contributed by atoms with Gasteiger partial charge in [-0.2, -0.15) is 0 Å². The van der Waals surface area contributed by atoms with Crippen molar-refractivity contribution in [1.29, 1.82) is 0 Å². The van der Waals surface area contributed by atoms with E-state index in [1.165, 1.54) is 11.1 Å². The smallest absolute Gasteiger partial charge is 0.0837 e. The largest absolute Gasteiger partial charge is 0.388 e. The average molecular weight is 341 g/mol. The normalized spacial score (nSPS) is 21.2. The van der Waals surface area contributed by atoms with Crippen LogP contribution in [0.1, 0.15) is 41.3 Å². The Balaban J connectivity index is 1.97. The summed E-state index contributed by atoms with van der Waals surface area (Å²) in [6.45, 7) is 2.12. The lowest BCUT2D eigenvalue weighted by molar-refractivity contribution is 0.178. The number of aliphatic hydroxyl groups is 1. The van der Waals surface area contributed by atoms with E-state index in [1.807, 2.05) is 30.5 Å². The van der Waals surface area contributed by atoms with Crippen molar-refractivity contribution >= 4 is 17.2 Å². The molecule has 24 heavy (non-hydrogen) atoms. The zero-order valence-electron chi connectivity index (χ0n) is 13.8. The number of benzene rings is 1. The van der Waals surface area contributed by atoms with Crippen molar-refractivity contribution in [2.45, 2.75) is 25.4 Å². The van der Waals surface area contributed by atoms with Crippen LogP contribution < -0.4 is 0 Å². The molecule has 0 bridgehead atoms. The van der Waals surface area contributed by atoms with Gasteiger partial charge in [0.2, 0.25) is 0 Å². The fourth-order valence-electron chi connectivity index (χ4n) is 3.81. The van der Waals surface area contributed by atoms with Crippen LogP contribution in [0.5, 0.6) is 0 Å². The van der Waals surface area contributed by atoms with Crippen LogP contribution in [0.2, 0.25) is 5.02 Å². The molecule has 1 aliphatic carbocycles. The van der Waals surface area contributed by atoms with Crippen LogP contribution >= 0.6 is 11.6 Å². The molecule has 0 spiro atoms. The van der Waals surface area contributed by atoms with E-state index < -0.39 is 6.10 Å². The molecule has 2 aromatic rings. The molecule has 4 rings (SSSR count). The lowest BCUT2D eigenvalue weighted by atomic mass is 9.88. The van der Waals surface area contributed by atoms with Gasteiger partial charge < -0.3 is 10.0 Å². The molecule has 0 saturated carbocycles. The molecule has 1 aliphatic heterocycles. The van der Waals surface area contributed by atoms with Crippen molar-refractivity contribution in [2.75, 3.05) is 20.1 Å². The Bertz CT molecular complexity index is 805. The van der Waals surface area contributed by atoms with Gasteiger partial charge in [0.1, 0.15) is 0 Å². The third-order valence-electron chi connectivity index (χ3n) is 5.13. The predicted molar refractivity (Wildman–Crippen MR) is 97.1 cm³/mol. The molecule has 1 unspecified atom stereocenters. The summed E-state index contributed by atoms with van der Waals surface area (Å²) in [5, 5.41) is 11.4. The van der Waals surface area contributed by atoms with Gasteiger partial charge in [-0.25, -0.2) is 0 Å². The van der Waals surface area contributed by atoms with E-state index in [-0.39, 0.29) is 0 Å². The zero-order valence-corrected chi connectivity index (χ0v) is 14.6. The number of hydrogen-bond acceptors (Lipinski definition) is 3. The highest BCUT2D eigenvalue weighted by Crippen LogP contribution is 2.41. The van der Waals surface area contributed by atoms with Gasteiger partial charge in [-0.3, -0.25) is 4.98 Å². The third kappa shape index (κ3) is 2.77. The summed E-state index contributed by atoms with van der Waals surface area (Å²) in [7, 11) is 2.16. The van der Waals surface area contributed by atoms with E-state index in [9.17, 15) is 5.11 Å². The van der Waals surface area contributed by atoms with Crippen LogP contribution in [-0.2, 0) is 6.42 Å². The number of hydrogen-bond donors (Lipinski definition) is 1. The summed E-state index contributed by atoms with van der Waals surface area (Å²) in [4.78, 5) is 7.05. The minimum atomic E-state index is -0.550. The number of fused-ring (bicyclic) bond motifs is 2. The van der Waals surface area contributed by atoms with Crippen LogP contribution in [0.25, 0.3) is 5.57 Å². The van der Waals surface area contributed by atoms with Crippen LogP contribution in [0, 0.1) is 0 Å². The molecule has 4 heteroatoms. The number of piperidine rings is 1. The highest BCUT2D eigenvalue weighted by atomic mass is 35.5. The SMILES string of the molecule is CN1CCC(=C2c3ccc(Cl)cc3C(O)Cc3cccnc32)CC1. The summed E-state index contributed by atoms with van der Waals surface area (Å²) in [5.74, 6) is 0. The Morgan fingerprint density at radius 1 is 1.21 bits per heavy atom. The van der Waals surface area contributed by atoms with Crippen molar-refractivity contribution in [3.8, 4) is 0 Å². The molecule has 0 radical (unpaired) electrons. The Morgan fingerprint density at radius 2 is 2.00 bits per heavy atom. The van der Waals surface area contributed by atoms with E-state index in [4.69, 9.17) is 16.6 Å². The van der Waals surface area contributed by atoms with Crippen LogP contribution in [0.15, 0.2) is 42.1 Å². The molecule has 1 aromatic heterocycles. The van der Waals surface area contributed by atoms with E-state index >= 15 is 0 Å². The summed E-state index contributed by atoms with van der Waals surface area (Å²) in [6.07, 6.45) is 3.96. The van der Waals surface area contributed by atoms with Crippen molar-refractivity contribution in [3.05, 3.63) is 69.5 Å². The Morgan fingerprint density at radius 3 is 2.79 bits per heavy atom. The molecule has 1 atom stereocenters. The molecule has 1 N–H and O–H groups in total. The van der Waals surface area contributed by atoms with Crippen molar-refractivity contribution in [3.63, 3.8) is 0 Å². The fraction of sp³-hybridized carbons (Fsp3) is 0.350. The first kappa shape index (κ1) is 15.8. The first-order chi connectivity index (χ1) is 11.6. The van der Waals surface area contributed by atoms with Crippen molar-refractivity contribution in [1.82, 2.24) is 9.88 Å². The molecule has 3 nitrogen and oxygen atoms in total. The van der Waals surface area contributed by atoms with Gasteiger partial charge in [0.25, 0.3) is 0 Å². The molecule has 1 saturated heterocycles. The van der Waals surface area contributed by atoms with Gasteiger partial charge in [-0.15, -0.1) is 0 Å². The molecule has 1 fully saturated rings. The van der Waals surface area contributed by atoms with E-state index in [2.05, 4.69) is 18.0 Å². The standard InChI is InChI=1S/C20H21ClN2O/c1-23-9-6-13(7-10-23)19-16-5-4-15(21)12-17(16)18(24)11-14-3-2-8-22-20(14)19/h2-5,8,12,18,24H,6-7,9-11H2,1H3. The van der Waals surface area contributed by atoms with E-state index in [0.29, 0.717) is 11.4 Å². The summed E-state index contributed by atoms with van der Waals surface area (Å²) < 4.78 is 0. The quantitative estimate of drug-likeness (QED) is 0.791. The minimum Gasteiger partial charge on any atom is -0.388 e. The summed E-state index contributed by atoms with van der Waals surface area (Å²) in [5.41, 5.74) is 6.79. The Labute approximate surface area is 147 Å². The minimum absolute atomic E-state index is 0.550. The number of aliphatic hydroxyl groups excluding tert-OH is 1. The maximum Gasteiger partial charge on any atom is 0.0837 e. The number of nitrogens with zero attached hydrogens (tertiary/aromatic N) is 2. The number of aromatic nitrogens is 1. The highest BCUT2D eigenvalue weighted by Gasteiger charge is 2.27. The second kappa shape index (κ2) is 6.32. The lowest BCUT2D eigenvalue weighted by Crippen LogP contribution is -2.27. The van der Waals surface area contributed by atoms with Crippen LogP contribution in [-0.4, -0.2) is 35.1 Å². The molecule has 2 aliphatic rings. The topological polar surface area (TPSA) is 36.4 Å². The van der Waals surface area contributed by atoms with Crippen molar-refractivity contribution < 1.29 is 5.11 Å². The molecule has 124 valence electrons. The third-order valence-corrected chi connectivity index (χ3v) is 5.36. The molecule has 0 amide bonds. The Hall–Kier alpha value is -1.68. The summed E-state index contributed by atoms with van der Waals surface area (Å²) in [6, 6.07) is 9.89. The van der Waals surface area contributed by atoms with Gasteiger partial charge in [0.05, 0.1) is 11.8 Å². The fourth-order valence-corrected chi connectivity index (χ4v) is 3.99. The lowest BCUT2D eigenvalue weighted by Gasteiger charge is -2.27. The summed E-state index contributed by atoms with van der Waals surface area (Å²) >= 11 is 6.21. The average Bonchev–Trinajstić information content (AvgIpc) is 2.70. The zero-order chi connectivity index (χ0) is 16.7. The highest BCUT2D eigenvalue weighted by molar-refractivity contribution is 6.30. The maximum absolute atomic E-state index is 10.8. The van der Waals surface area contributed by atoms with Crippen molar-refractivity contribution in [2.24, 2.45) is 0 Å². The number of rotatable bonds is 0. The first-order valence-corrected chi connectivity index (χ1v) is 8.84. The molecule has 1 aromatic carbocycles. The number of halogens is 1. The second-order valence-electron chi connectivity index (χ2n) is 6.74. The maximum atomic E-state index is 10.8. The van der Waals surface area contributed by atoms with Gasteiger partial charge >= 0.3 is 0 Å².